The van der Waals surface area contributed by atoms with Crippen molar-refractivity contribution < 1.29 is 0 Å². The Kier molecular flexibility index (Phi) is 2.96. The van der Waals surface area contributed by atoms with Crippen LogP contribution in [0.5, 0.6) is 0 Å². The van der Waals surface area contributed by atoms with Crippen LogP contribution in [-0.2, 0) is 0 Å². The van der Waals surface area contributed by atoms with Crippen molar-refractivity contribution >= 4 is 27.9 Å². The van der Waals surface area contributed by atoms with Crippen molar-refractivity contribution in [1.29, 1.82) is 0 Å². The highest BCUT2D eigenvalue weighted by Gasteiger charge is 2.14. The molecule has 3 heteroatoms. The van der Waals surface area contributed by atoms with Gasteiger partial charge < -0.3 is 0 Å². The molecular weight excluding hydrogens is 246 g/mol. The molecule has 1 fully saturated rings. The summed E-state index contributed by atoms with van der Waals surface area (Å²) in [5.74, 6) is 0. The lowest BCUT2D eigenvalue weighted by molar-refractivity contribution is 0.344. The first kappa shape index (κ1) is 9.56. The average molecular weight is 258 g/mol. The summed E-state index contributed by atoms with van der Waals surface area (Å²) < 4.78 is 3.59. The highest BCUT2D eigenvalue weighted by atomic mass is 79.9. The predicted molar refractivity (Wildman–Crippen MR) is 60.9 cm³/mol. The third kappa shape index (κ3) is 2.27. The van der Waals surface area contributed by atoms with E-state index in [1.54, 1.807) is 0 Å². The largest absolute Gasteiger partial charge is 0.246 e. The lowest BCUT2D eigenvalue weighted by atomic mass is 10.2. The minimum absolute atomic E-state index is 1.21. The van der Waals surface area contributed by atoms with Gasteiger partial charge in [-0.25, -0.2) is 4.31 Å². The Bertz CT molecular complexity index is 310. The van der Waals surface area contributed by atoms with Crippen LogP contribution in [0.1, 0.15) is 12.0 Å². The smallest absolute Gasteiger partial charge is 0.0241 e. The maximum atomic E-state index is 3.54. The second-order valence-electron chi connectivity index (χ2n) is 3.28. The quantitative estimate of drug-likeness (QED) is 0.747. The van der Waals surface area contributed by atoms with Crippen molar-refractivity contribution in [2.75, 3.05) is 13.1 Å². The van der Waals surface area contributed by atoms with Crippen molar-refractivity contribution in [3.8, 4) is 0 Å². The van der Waals surface area contributed by atoms with E-state index < -0.39 is 0 Å². The molecule has 0 spiro atoms. The number of rotatable bonds is 2. The third-order valence-corrected chi connectivity index (χ3v) is 4.14. The van der Waals surface area contributed by atoms with Gasteiger partial charge in [-0.1, -0.05) is 22.0 Å². The van der Waals surface area contributed by atoms with E-state index in [0.717, 1.165) is 0 Å². The number of aryl methyl sites for hydroxylation is 1. The normalized spacial score (nSPS) is 17.1. The fraction of sp³-hybridized carbons (Fsp3) is 0.400. The molecule has 0 bridgehead atoms. The molecule has 1 saturated heterocycles. The summed E-state index contributed by atoms with van der Waals surface area (Å²) in [6, 6.07) is 6.54. The SMILES string of the molecule is Cc1ccc(SN2CCC2)cc1Br. The monoisotopic (exact) mass is 257 g/mol. The first-order valence-electron chi connectivity index (χ1n) is 4.45. The van der Waals surface area contributed by atoms with Crippen LogP contribution in [0, 0.1) is 6.92 Å². The van der Waals surface area contributed by atoms with Crippen LogP contribution in [0.25, 0.3) is 0 Å². The van der Waals surface area contributed by atoms with Crippen molar-refractivity contribution in [3.05, 3.63) is 28.2 Å². The maximum Gasteiger partial charge on any atom is 0.0241 e. The van der Waals surface area contributed by atoms with Crippen molar-refractivity contribution in [2.24, 2.45) is 0 Å². The minimum Gasteiger partial charge on any atom is -0.246 e. The summed E-state index contributed by atoms with van der Waals surface area (Å²) in [6.07, 6.45) is 1.35. The molecule has 13 heavy (non-hydrogen) atoms. The fourth-order valence-electron chi connectivity index (χ4n) is 1.16. The van der Waals surface area contributed by atoms with Gasteiger partial charge in [0.1, 0.15) is 0 Å². The van der Waals surface area contributed by atoms with Crippen molar-refractivity contribution in [1.82, 2.24) is 4.31 Å². The number of benzene rings is 1. The molecule has 2 rings (SSSR count). The molecular formula is C10H12BrNS. The van der Waals surface area contributed by atoms with Gasteiger partial charge >= 0.3 is 0 Å². The minimum atomic E-state index is 1.21. The summed E-state index contributed by atoms with van der Waals surface area (Å²) in [6.45, 7) is 4.58. The van der Waals surface area contributed by atoms with Crippen LogP contribution in [0.2, 0.25) is 0 Å². The lowest BCUT2D eigenvalue weighted by Crippen LogP contribution is -2.30. The second kappa shape index (κ2) is 4.03. The Morgan fingerprint density at radius 2 is 2.15 bits per heavy atom. The Morgan fingerprint density at radius 3 is 2.69 bits per heavy atom. The van der Waals surface area contributed by atoms with Crippen molar-refractivity contribution in [3.63, 3.8) is 0 Å². The van der Waals surface area contributed by atoms with E-state index in [0.29, 0.717) is 0 Å². The molecule has 1 aliphatic heterocycles. The van der Waals surface area contributed by atoms with E-state index >= 15 is 0 Å². The molecule has 1 nitrogen and oxygen atoms in total. The van der Waals surface area contributed by atoms with Crippen molar-refractivity contribution in [2.45, 2.75) is 18.2 Å². The van der Waals surface area contributed by atoms with Crippen LogP contribution in [0.4, 0.5) is 0 Å². The van der Waals surface area contributed by atoms with Gasteiger partial charge in [0.25, 0.3) is 0 Å². The average Bonchev–Trinajstić information content (AvgIpc) is 2.04. The van der Waals surface area contributed by atoms with Gasteiger partial charge in [-0.2, -0.15) is 0 Å². The molecule has 0 N–H and O–H groups in total. The predicted octanol–water partition coefficient (Wildman–Crippen LogP) is 3.47. The lowest BCUT2D eigenvalue weighted by Gasteiger charge is -2.29. The zero-order valence-corrected chi connectivity index (χ0v) is 9.99. The Hall–Kier alpha value is 0.01000. The molecule has 1 heterocycles. The number of hydrogen-bond acceptors (Lipinski definition) is 2. The molecule has 0 radical (unpaired) electrons. The number of halogens is 1. The molecule has 70 valence electrons. The van der Waals surface area contributed by atoms with Crippen LogP contribution >= 0.6 is 27.9 Å². The summed E-state index contributed by atoms with van der Waals surface area (Å²) in [7, 11) is 0. The Balaban J connectivity index is 2.07. The zero-order chi connectivity index (χ0) is 9.26. The van der Waals surface area contributed by atoms with E-state index in [9.17, 15) is 0 Å². The Labute approximate surface area is 91.8 Å². The first-order chi connectivity index (χ1) is 6.25. The van der Waals surface area contributed by atoms with E-state index in [2.05, 4.69) is 45.4 Å². The van der Waals surface area contributed by atoms with Gasteiger partial charge in [0, 0.05) is 22.5 Å². The topological polar surface area (TPSA) is 3.24 Å². The van der Waals surface area contributed by atoms with Crippen LogP contribution < -0.4 is 0 Å². The molecule has 1 aromatic rings. The Morgan fingerprint density at radius 1 is 1.38 bits per heavy atom. The standard InChI is InChI=1S/C10H12BrNS/c1-8-3-4-9(7-10(8)11)13-12-5-2-6-12/h3-4,7H,2,5-6H2,1H3. The van der Waals surface area contributed by atoms with E-state index in [1.807, 2.05) is 11.9 Å². The van der Waals surface area contributed by atoms with Gasteiger partial charge in [-0.15, -0.1) is 0 Å². The van der Waals surface area contributed by atoms with Gasteiger partial charge in [0.05, 0.1) is 0 Å². The highest BCUT2D eigenvalue weighted by molar-refractivity contribution is 9.10. The second-order valence-corrected chi connectivity index (χ2v) is 5.31. The van der Waals surface area contributed by atoms with E-state index in [4.69, 9.17) is 0 Å². The molecule has 0 aromatic heterocycles. The molecule has 0 atom stereocenters. The first-order valence-corrected chi connectivity index (χ1v) is 6.01. The number of nitrogens with zero attached hydrogens (tertiary/aromatic N) is 1. The third-order valence-electron chi connectivity index (χ3n) is 2.19. The van der Waals surface area contributed by atoms with Crippen LogP contribution in [-0.4, -0.2) is 17.4 Å². The summed E-state index contributed by atoms with van der Waals surface area (Å²) in [4.78, 5) is 1.33. The molecule has 0 aliphatic carbocycles. The van der Waals surface area contributed by atoms with E-state index in [1.165, 1.54) is 34.4 Å². The van der Waals surface area contributed by atoms with Gasteiger partial charge in [0.15, 0.2) is 0 Å². The van der Waals surface area contributed by atoms with Gasteiger partial charge in [-0.05, 0) is 43.0 Å². The fourth-order valence-corrected chi connectivity index (χ4v) is 2.73. The molecule has 0 saturated carbocycles. The van der Waals surface area contributed by atoms with Crippen LogP contribution in [0.15, 0.2) is 27.6 Å². The number of hydrogen-bond donors (Lipinski definition) is 0. The highest BCUT2D eigenvalue weighted by Crippen LogP contribution is 2.30. The summed E-state index contributed by atoms with van der Waals surface area (Å²) >= 11 is 5.40. The zero-order valence-electron chi connectivity index (χ0n) is 7.59. The molecule has 0 unspecified atom stereocenters. The van der Waals surface area contributed by atoms with Gasteiger partial charge in [0.2, 0.25) is 0 Å². The molecule has 1 aliphatic rings. The summed E-state index contributed by atoms with van der Waals surface area (Å²) in [5, 5.41) is 0. The van der Waals surface area contributed by atoms with Gasteiger partial charge in [-0.3, -0.25) is 0 Å². The molecule has 1 aromatic carbocycles. The molecule has 0 amide bonds. The van der Waals surface area contributed by atoms with Crippen LogP contribution in [0.3, 0.4) is 0 Å². The maximum absolute atomic E-state index is 3.54. The van der Waals surface area contributed by atoms with E-state index in [-0.39, 0.29) is 0 Å². The summed E-state index contributed by atoms with van der Waals surface area (Å²) in [5.41, 5.74) is 1.30.